The van der Waals surface area contributed by atoms with Crippen molar-refractivity contribution in [3.05, 3.63) is 65.0 Å². The van der Waals surface area contributed by atoms with Crippen LogP contribution in [0.2, 0.25) is 0 Å². The average molecular weight is 414 g/mol. The zero-order valence-corrected chi connectivity index (χ0v) is 17.4. The first-order valence-corrected chi connectivity index (χ1v) is 10.7. The Balaban J connectivity index is 1.72. The summed E-state index contributed by atoms with van der Waals surface area (Å²) in [7, 11) is -1.99. The van der Waals surface area contributed by atoms with Gasteiger partial charge in [-0.15, -0.1) is 0 Å². The number of benzene rings is 2. The fourth-order valence-corrected chi connectivity index (χ4v) is 3.31. The molecule has 0 fully saturated rings. The van der Waals surface area contributed by atoms with E-state index in [1.54, 1.807) is 19.1 Å². The molecule has 1 amide bonds. The molecule has 29 heavy (non-hydrogen) atoms. The van der Waals surface area contributed by atoms with Gasteiger partial charge in [-0.1, -0.05) is 35.0 Å². The van der Waals surface area contributed by atoms with Crippen molar-refractivity contribution < 1.29 is 17.7 Å². The Morgan fingerprint density at radius 2 is 1.93 bits per heavy atom. The van der Waals surface area contributed by atoms with Crippen LogP contribution in [-0.2, 0) is 16.6 Å². The number of aryl methyl sites for hydroxylation is 2. The minimum atomic E-state index is -3.43. The molecule has 1 N–H and O–H groups in total. The SMILES string of the molecule is Cc1cccc(-c2noc(CNC(=O)c3ccc(C)c(N(C)S(C)(=O)=O)c3)n2)c1. The van der Waals surface area contributed by atoms with E-state index in [4.69, 9.17) is 4.52 Å². The highest BCUT2D eigenvalue weighted by Crippen LogP contribution is 2.23. The van der Waals surface area contributed by atoms with Gasteiger partial charge in [0.2, 0.25) is 21.7 Å². The van der Waals surface area contributed by atoms with Crippen molar-refractivity contribution in [2.45, 2.75) is 20.4 Å². The van der Waals surface area contributed by atoms with Crippen LogP contribution in [0.15, 0.2) is 47.0 Å². The number of amides is 1. The molecule has 0 aliphatic rings. The molecule has 3 aromatic rings. The number of nitrogens with one attached hydrogen (secondary N) is 1. The van der Waals surface area contributed by atoms with Crippen molar-refractivity contribution in [3.63, 3.8) is 0 Å². The topological polar surface area (TPSA) is 105 Å². The van der Waals surface area contributed by atoms with E-state index in [-0.39, 0.29) is 18.3 Å². The Labute approximate surface area is 169 Å². The van der Waals surface area contributed by atoms with E-state index in [9.17, 15) is 13.2 Å². The molecule has 1 heterocycles. The predicted molar refractivity (Wildman–Crippen MR) is 110 cm³/mol. The summed E-state index contributed by atoms with van der Waals surface area (Å²) in [6.45, 7) is 3.81. The normalized spacial score (nSPS) is 11.3. The van der Waals surface area contributed by atoms with Crippen molar-refractivity contribution in [2.24, 2.45) is 0 Å². The lowest BCUT2D eigenvalue weighted by atomic mass is 10.1. The van der Waals surface area contributed by atoms with Crippen molar-refractivity contribution in [3.8, 4) is 11.4 Å². The quantitative estimate of drug-likeness (QED) is 0.665. The van der Waals surface area contributed by atoms with Gasteiger partial charge in [-0.2, -0.15) is 4.98 Å². The molecule has 8 nitrogen and oxygen atoms in total. The fraction of sp³-hybridized carbons (Fsp3) is 0.250. The van der Waals surface area contributed by atoms with Crippen LogP contribution < -0.4 is 9.62 Å². The smallest absolute Gasteiger partial charge is 0.251 e. The number of sulfonamides is 1. The van der Waals surface area contributed by atoms with Gasteiger partial charge < -0.3 is 9.84 Å². The van der Waals surface area contributed by atoms with Gasteiger partial charge >= 0.3 is 0 Å². The summed E-state index contributed by atoms with van der Waals surface area (Å²) >= 11 is 0. The molecular weight excluding hydrogens is 392 g/mol. The van der Waals surface area contributed by atoms with Crippen LogP contribution in [0.3, 0.4) is 0 Å². The van der Waals surface area contributed by atoms with E-state index in [1.165, 1.54) is 13.1 Å². The van der Waals surface area contributed by atoms with Crippen molar-refractivity contribution in [1.29, 1.82) is 0 Å². The Morgan fingerprint density at radius 3 is 2.62 bits per heavy atom. The summed E-state index contributed by atoms with van der Waals surface area (Å²) in [5, 5.41) is 6.66. The van der Waals surface area contributed by atoms with Crippen LogP contribution in [0.4, 0.5) is 5.69 Å². The molecule has 0 atom stereocenters. The Bertz CT molecular complexity index is 1150. The fourth-order valence-electron chi connectivity index (χ4n) is 2.75. The highest BCUT2D eigenvalue weighted by atomic mass is 32.2. The molecule has 1 aromatic heterocycles. The van der Waals surface area contributed by atoms with E-state index in [0.717, 1.165) is 27.3 Å². The Hall–Kier alpha value is -3.20. The summed E-state index contributed by atoms with van der Waals surface area (Å²) in [5.41, 5.74) is 3.43. The van der Waals surface area contributed by atoms with Crippen molar-refractivity contribution in [1.82, 2.24) is 15.5 Å². The second-order valence-electron chi connectivity index (χ2n) is 6.80. The molecule has 2 aromatic carbocycles. The molecule has 0 aliphatic carbocycles. The van der Waals surface area contributed by atoms with Crippen LogP contribution in [0, 0.1) is 13.8 Å². The van der Waals surface area contributed by atoms with Crippen LogP contribution in [0.1, 0.15) is 27.4 Å². The van der Waals surface area contributed by atoms with Gasteiger partial charge in [0.25, 0.3) is 5.91 Å². The summed E-state index contributed by atoms with van der Waals surface area (Å²) in [6, 6.07) is 12.6. The van der Waals surface area contributed by atoms with Gasteiger partial charge in [0.1, 0.15) is 0 Å². The molecule has 0 spiro atoms. The third-order valence-electron chi connectivity index (χ3n) is 4.45. The lowest BCUT2D eigenvalue weighted by Gasteiger charge is -2.19. The van der Waals surface area contributed by atoms with E-state index in [0.29, 0.717) is 17.1 Å². The minimum absolute atomic E-state index is 0.0583. The lowest BCUT2D eigenvalue weighted by Crippen LogP contribution is -2.27. The molecule has 0 radical (unpaired) electrons. The molecular formula is C20H22N4O4S. The highest BCUT2D eigenvalue weighted by Gasteiger charge is 2.17. The van der Waals surface area contributed by atoms with Gasteiger partial charge in [-0.25, -0.2) is 8.42 Å². The van der Waals surface area contributed by atoms with Gasteiger partial charge in [0.05, 0.1) is 18.5 Å². The molecule has 152 valence electrons. The van der Waals surface area contributed by atoms with Gasteiger partial charge in [0, 0.05) is 18.2 Å². The average Bonchev–Trinajstić information content (AvgIpc) is 3.14. The number of carbonyl (C=O) groups excluding carboxylic acids is 1. The third-order valence-corrected chi connectivity index (χ3v) is 5.64. The van der Waals surface area contributed by atoms with Gasteiger partial charge in [0.15, 0.2) is 0 Å². The number of nitrogens with zero attached hydrogens (tertiary/aromatic N) is 3. The second kappa shape index (κ2) is 8.04. The van der Waals surface area contributed by atoms with Crippen LogP contribution >= 0.6 is 0 Å². The first-order chi connectivity index (χ1) is 13.6. The van der Waals surface area contributed by atoms with Crippen LogP contribution in [0.5, 0.6) is 0 Å². The number of aromatic nitrogens is 2. The van der Waals surface area contributed by atoms with Gasteiger partial charge in [-0.3, -0.25) is 9.10 Å². The number of hydrogen-bond donors (Lipinski definition) is 1. The van der Waals surface area contributed by atoms with E-state index in [2.05, 4.69) is 15.5 Å². The highest BCUT2D eigenvalue weighted by molar-refractivity contribution is 7.92. The molecule has 0 unspecified atom stereocenters. The van der Waals surface area contributed by atoms with Crippen molar-refractivity contribution >= 4 is 21.6 Å². The summed E-state index contributed by atoms with van der Waals surface area (Å²) < 4.78 is 30.0. The number of carbonyl (C=O) groups is 1. The first-order valence-electron chi connectivity index (χ1n) is 8.87. The summed E-state index contributed by atoms with van der Waals surface area (Å²) in [6.07, 6.45) is 1.11. The van der Waals surface area contributed by atoms with Crippen LogP contribution in [0.25, 0.3) is 11.4 Å². The van der Waals surface area contributed by atoms with Crippen LogP contribution in [-0.4, -0.2) is 37.8 Å². The maximum absolute atomic E-state index is 12.5. The lowest BCUT2D eigenvalue weighted by molar-refractivity contribution is 0.0946. The molecule has 0 saturated heterocycles. The molecule has 3 rings (SSSR count). The first kappa shape index (κ1) is 20.5. The monoisotopic (exact) mass is 414 g/mol. The van der Waals surface area contributed by atoms with Gasteiger partial charge in [-0.05, 0) is 37.6 Å². The molecule has 0 bridgehead atoms. The van der Waals surface area contributed by atoms with E-state index < -0.39 is 10.0 Å². The predicted octanol–water partition coefficient (Wildman–Crippen LogP) is 2.68. The molecule has 9 heteroatoms. The number of hydrogen-bond acceptors (Lipinski definition) is 6. The number of anilines is 1. The summed E-state index contributed by atoms with van der Waals surface area (Å²) in [4.78, 5) is 16.8. The summed E-state index contributed by atoms with van der Waals surface area (Å²) in [5.74, 6) is 0.351. The molecule has 0 aliphatic heterocycles. The third kappa shape index (κ3) is 4.80. The minimum Gasteiger partial charge on any atom is -0.343 e. The zero-order valence-electron chi connectivity index (χ0n) is 16.6. The maximum Gasteiger partial charge on any atom is 0.251 e. The van der Waals surface area contributed by atoms with E-state index >= 15 is 0 Å². The standard InChI is InChI=1S/C20H22N4O4S/c1-13-6-5-7-15(10-13)19-22-18(28-23-19)12-21-20(25)16-9-8-14(2)17(11-16)24(3)29(4,26)27/h5-11H,12H2,1-4H3,(H,21,25). The largest absolute Gasteiger partial charge is 0.343 e. The van der Waals surface area contributed by atoms with Crippen molar-refractivity contribution in [2.75, 3.05) is 17.6 Å². The van der Waals surface area contributed by atoms with E-state index in [1.807, 2.05) is 31.2 Å². The number of rotatable bonds is 6. The zero-order chi connectivity index (χ0) is 21.2. The maximum atomic E-state index is 12.5. The second-order valence-corrected chi connectivity index (χ2v) is 8.81. The molecule has 0 saturated carbocycles. The Kier molecular flexibility index (Phi) is 5.69. The Morgan fingerprint density at radius 1 is 1.17 bits per heavy atom.